The van der Waals surface area contributed by atoms with E-state index in [0.29, 0.717) is 18.3 Å². The summed E-state index contributed by atoms with van der Waals surface area (Å²) in [6.45, 7) is 2.51. The fourth-order valence-electron chi connectivity index (χ4n) is 1.89. The summed E-state index contributed by atoms with van der Waals surface area (Å²) in [5.41, 5.74) is 7.81. The molecule has 0 saturated heterocycles. The van der Waals surface area contributed by atoms with Crippen LogP contribution in [0.3, 0.4) is 0 Å². The van der Waals surface area contributed by atoms with Gasteiger partial charge in [0.05, 0.1) is 6.04 Å². The van der Waals surface area contributed by atoms with Crippen LogP contribution in [0.4, 0.5) is 0 Å². The highest BCUT2D eigenvalue weighted by molar-refractivity contribution is 5.60. The highest BCUT2D eigenvalue weighted by atomic mass is 16.5. The fourth-order valence-corrected chi connectivity index (χ4v) is 1.89. The molecule has 0 saturated carbocycles. The highest BCUT2D eigenvalue weighted by Gasteiger charge is 2.21. The van der Waals surface area contributed by atoms with Crippen molar-refractivity contribution in [3.63, 3.8) is 0 Å². The molecule has 1 aromatic heterocycles. The van der Waals surface area contributed by atoms with Crippen molar-refractivity contribution >= 4 is 0 Å². The van der Waals surface area contributed by atoms with Gasteiger partial charge in [-0.3, -0.25) is 0 Å². The third-order valence-electron chi connectivity index (χ3n) is 2.86. The molecule has 0 fully saturated rings. The normalized spacial score (nSPS) is 17.9. The summed E-state index contributed by atoms with van der Waals surface area (Å²) in [6.07, 6.45) is 0.735. The van der Waals surface area contributed by atoms with E-state index in [2.05, 4.69) is 10.1 Å². The minimum atomic E-state index is -0.0319. The van der Waals surface area contributed by atoms with Crippen LogP contribution in [0.1, 0.15) is 24.4 Å². The second-order valence-electron chi connectivity index (χ2n) is 4.04. The quantitative estimate of drug-likeness (QED) is 0.851. The summed E-state index contributed by atoms with van der Waals surface area (Å²) in [7, 11) is 0. The van der Waals surface area contributed by atoms with Crippen molar-refractivity contribution in [3.05, 3.63) is 29.7 Å². The van der Waals surface area contributed by atoms with E-state index in [1.165, 1.54) is 0 Å². The van der Waals surface area contributed by atoms with Gasteiger partial charge >= 0.3 is 0 Å². The summed E-state index contributed by atoms with van der Waals surface area (Å²) in [4.78, 5) is 4.28. The molecule has 2 heterocycles. The predicted molar refractivity (Wildman–Crippen MR) is 61.5 cm³/mol. The minimum absolute atomic E-state index is 0.0319. The Labute approximate surface area is 98.6 Å². The Morgan fingerprint density at radius 1 is 1.47 bits per heavy atom. The van der Waals surface area contributed by atoms with Gasteiger partial charge < -0.3 is 15.0 Å². The van der Waals surface area contributed by atoms with Crippen LogP contribution in [-0.2, 0) is 6.42 Å². The average Bonchev–Trinajstić information content (AvgIpc) is 2.96. The molecule has 2 N–H and O–H groups in total. The third-order valence-corrected chi connectivity index (χ3v) is 2.86. The molecular weight excluding hydrogens is 218 g/mol. The van der Waals surface area contributed by atoms with Crippen LogP contribution in [0.2, 0.25) is 0 Å². The number of hydrogen-bond donors (Lipinski definition) is 1. The molecule has 0 bridgehead atoms. The molecule has 88 valence electrons. The molecule has 0 radical (unpaired) electrons. The van der Waals surface area contributed by atoms with Crippen molar-refractivity contribution < 1.29 is 9.26 Å². The zero-order valence-corrected chi connectivity index (χ0v) is 9.51. The number of aromatic nitrogens is 2. The Kier molecular flexibility index (Phi) is 2.33. The molecule has 3 rings (SSSR count). The lowest BCUT2D eigenvalue weighted by atomic mass is 10.1. The van der Waals surface area contributed by atoms with Crippen LogP contribution in [0.25, 0.3) is 11.4 Å². The lowest BCUT2D eigenvalue weighted by Crippen LogP contribution is -2.10. The zero-order chi connectivity index (χ0) is 11.8. The average molecular weight is 231 g/mol. The van der Waals surface area contributed by atoms with Gasteiger partial charge in [-0.1, -0.05) is 24.2 Å². The van der Waals surface area contributed by atoms with Gasteiger partial charge in [0.15, 0.2) is 0 Å². The first-order valence-corrected chi connectivity index (χ1v) is 5.63. The number of benzene rings is 1. The number of nitrogens with two attached hydrogens (primary N) is 1. The van der Waals surface area contributed by atoms with E-state index < -0.39 is 0 Å². The Bertz CT molecular complexity index is 550. The lowest BCUT2D eigenvalue weighted by molar-refractivity contribution is 0.333. The van der Waals surface area contributed by atoms with Gasteiger partial charge in [0.25, 0.3) is 0 Å². The van der Waals surface area contributed by atoms with Crippen LogP contribution in [0, 0.1) is 0 Å². The number of ether oxygens (including phenoxy) is 1. The van der Waals surface area contributed by atoms with Crippen molar-refractivity contribution in [2.75, 3.05) is 6.61 Å². The molecule has 0 aliphatic carbocycles. The first-order chi connectivity index (χ1) is 8.28. The number of rotatable bonds is 2. The van der Waals surface area contributed by atoms with Gasteiger partial charge in [-0.25, -0.2) is 0 Å². The molecule has 0 unspecified atom stereocenters. The zero-order valence-electron chi connectivity index (χ0n) is 9.51. The molecule has 2 aromatic rings. The van der Waals surface area contributed by atoms with E-state index in [1.807, 2.05) is 25.1 Å². The van der Waals surface area contributed by atoms with Crippen molar-refractivity contribution in [2.24, 2.45) is 5.73 Å². The number of hydrogen-bond acceptors (Lipinski definition) is 5. The Hall–Kier alpha value is -1.88. The molecule has 1 aromatic carbocycles. The van der Waals surface area contributed by atoms with Gasteiger partial charge in [0.2, 0.25) is 11.7 Å². The molecule has 0 spiro atoms. The largest absolute Gasteiger partial charge is 0.491 e. The number of fused-ring (bicyclic) bond motifs is 1. The second kappa shape index (κ2) is 3.85. The van der Waals surface area contributed by atoms with Crippen LogP contribution in [-0.4, -0.2) is 16.7 Å². The van der Waals surface area contributed by atoms with Crippen molar-refractivity contribution in [1.82, 2.24) is 10.1 Å². The first kappa shape index (κ1) is 10.3. The summed E-state index contributed by atoms with van der Waals surface area (Å²) < 4.78 is 10.6. The summed E-state index contributed by atoms with van der Waals surface area (Å²) in [5, 5.41) is 3.93. The molecule has 1 aliphatic heterocycles. The number of aryl methyl sites for hydroxylation is 1. The Balaban J connectivity index is 1.99. The van der Waals surface area contributed by atoms with Gasteiger partial charge in [0, 0.05) is 17.5 Å². The maximum absolute atomic E-state index is 5.89. The molecule has 1 aliphatic rings. The Morgan fingerprint density at radius 3 is 3.12 bits per heavy atom. The third kappa shape index (κ3) is 1.68. The molecular formula is C12H13N3O2. The van der Waals surface area contributed by atoms with E-state index in [0.717, 1.165) is 23.3 Å². The summed E-state index contributed by atoms with van der Waals surface area (Å²) in [6, 6.07) is 5.78. The van der Waals surface area contributed by atoms with E-state index >= 15 is 0 Å². The van der Waals surface area contributed by atoms with Gasteiger partial charge in [0.1, 0.15) is 12.4 Å². The minimum Gasteiger partial charge on any atom is -0.491 e. The highest BCUT2D eigenvalue weighted by Crippen LogP contribution is 2.33. The Morgan fingerprint density at radius 2 is 2.35 bits per heavy atom. The van der Waals surface area contributed by atoms with Crippen molar-refractivity contribution in [3.8, 4) is 17.1 Å². The van der Waals surface area contributed by atoms with E-state index in [4.69, 9.17) is 15.0 Å². The first-order valence-electron chi connectivity index (χ1n) is 5.63. The predicted octanol–water partition coefficient (Wildman–Crippen LogP) is 1.69. The summed E-state index contributed by atoms with van der Waals surface area (Å²) in [5.74, 6) is 2.05. The van der Waals surface area contributed by atoms with Gasteiger partial charge in [-0.2, -0.15) is 4.98 Å². The van der Waals surface area contributed by atoms with Crippen LogP contribution in [0.15, 0.2) is 22.7 Å². The van der Waals surface area contributed by atoms with E-state index in [9.17, 15) is 0 Å². The topological polar surface area (TPSA) is 74.2 Å². The molecule has 5 heteroatoms. The van der Waals surface area contributed by atoms with Crippen LogP contribution < -0.4 is 10.5 Å². The SMILES string of the molecule is CCc1nc(-c2ccc3c(c2)OC[C@H]3N)no1. The number of nitrogens with zero attached hydrogens (tertiary/aromatic N) is 2. The smallest absolute Gasteiger partial charge is 0.226 e. The molecule has 5 nitrogen and oxygen atoms in total. The molecule has 1 atom stereocenters. The fraction of sp³-hybridized carbons (Fsp3) is 0.333. The maximum Gasteiger partial charge on any atom is 0.226 e. The van der Waals surface area contributed by atoms with Gasteiger partial charge in [-0.15, -0.1) is 0 Å². The van der Waals surface area contributed by atoms with Crippen molar-refractivity contribution in [1.29, 1.82) is 0 Å². The second-order valence-corrected chi connectivity index (χ2v) is 4.04. The van der Waals surface area contributed by atoms with Crippen molar-refractivity contribution in [2.45, 2.75) is 19.4 Å². The van der Waals surface area contributed by atoms with E-state index in [-0.39, 0.29) is 6.04 Å². The standard InChI is InChI=1S/C12H13N3O2/c1-2-11-14-12(15-17-11)7-3-4-8-9(13)6-16-10(8)5-7/h3-5,9H,2,6,13H2,1H3/t9-/m1/s1. The van der Waals surface area contributed by atoms with Gasteiger partial charge in [-0.05, 0) is 6.07 Å². The molecule has 0 amide bonds. The van der Waals surface area contributed by atoms with Crippen LogP contribution in [0.5, 0.6) is 5.75 Å². The maximum atomic E-state index is 5.89. The monoisotopic (exact) mass is 231 g/mol. The lowest BCUT2D eigenvalue weighted by Gasteiger charge is -2.01. The van der Waals surface area contributed by atoms with Crippen LogP contribution >= 0.6 is 0 Å². The summed E-state index contributed by atoms with van der Waals surface area (Å²) >= 11 is 0. The molecule has 17 heavy (non-hydrogen) atoms. The van der Waals surface area contributed by atoms with E-state index in [1.54, 1.807) is 0 Å².